The highest BCUT2D eigenvalue weighted by Crippen LogP contribution is 2.27. The molecule has 154 valence electrons. The fraction of sp³-hybridized carbons (Fsp3) is 0.364. The van der Waals surface area contributed by atoms with Gasteiger partial charge in [-0.05, 0) is 42.8 Å². The molecule has 1 aliphatic heterocycles. The van der Waals surface area contributed by atoms with Gasteiger partial charge < -0.3 is 15.0 Å². The SMILES string of the molecule is CC(=O)N1CCC(Oc2ccc(Cl)cc2C(=O)NC(C)c2ccc(F)cc2)CC1. The van der Waals surface area contributed by atoms with Crippen LogP contribution in [0.4, 0.5) is 4.39 Å². The number of piperidine rings is 1. The van der Waals surface area contributed by atoms with E-state index >= 15 is 0 Å². The minimum atomic E-state index is -0.325. The van der Waals surface area contributed by atoms with Gasteiger partial charge in [-0.3, -0.25) is 9.59 Å². The molecule has 2 aromatic rings. The Morgan fingerprint density at radius 1 is 1.17 bits per heavy atom. The third-order valence-electron chi connectivity index (χ3n) is 5.08. The number of ether oxygens (including phenoxy) is 1. The molecule has 1 saturated heterocycles. The highest BCUT2D eigenvalue weighted by atomic mass is 35.5. The van der Waals surface area contributed by atoms with Gasteiger partial charge >= 0.3 is 0 Å². The topological polar surface area (TPSA) is 58.6 Å². The highest BCUT2D eigenvalue weighted by molar-refractivity contribution is 6.31. The van der Waals surface area contributed by atoms with E-state index in [1.165, 1.54) is 12.1 Å². The van der Waals surface area contributed by atoms with E-state index in [2.05, 4.69) is 5.32 Å². The zero-order valence-corrected chi connectivity index (χ0v) is 17.2. The van der Waals surface area contributed by atoms with Gasteiger partial charge in [-0.25, -0.2) is 4.39 Å². The molecule has 1 aliphatic rings. The van der Waals surface area contributed by atoms with Gasteiger partial charge in [0.25, 0.3) is 5.91 Å². The summed E-state index contributed by atoms with van der Waals surface area (Å²) >= 11 is 6.11. The van der Waals surface area contributed by atoms with Crippen LogP contribution in [0.15, 0.2) is 42.5 Å². The fourth-order valence-corrected chi connectivity index (χ4v) is 3.53. The molecule has 0 aromatic heterocycles. The Hall–Kier alpha value is -2.60. The van der Waals surface area contributed by atoms with Crippen LogP contribution >= 0.6 is 11.6 Å². The van der Waals surface area contributed by atoms with Gasteiger partial charge in [0.15, 0.2) is 0 Å². The number of halogens is 2. The first kappa shape index (κ1) is 21.1. The average Bonchev–Trinajstić information content (AvgIpc) is 2.70. The molecule has 5 nitrogen and oxygen atoms in total. The number of benzene rings is 2. The average molecular weight is 419 g/mol. The molecule has 3 rings (SSSR count). The first-order valence-corrected chi connectivity index (χ1v) is 9.99. The number of carbonyl (C=O) groups excluding carboxylic acids is 2. The Morgan fingerprint density at radius 2 is 1.83 bits per heavy atom. The van der Waals surface area contributed by atoms with Gasteiger partial charge in [-0.2, -0.15) is 0 Å². The van der Waals surface area contributed by atoms with Crippen molar-refractivity contribution in [3.05, 3.63) is 64.4 Å². The van der Waals surface area contributed by atoms with Crippen LogP contribution in [0, 0.1) is 5.82 Å². The van der Waals surface area contributed by atoms with Crippen molar-refractivity contribution in [2.24, 2.45) is 0 Å². The van der Waals surface area contributed by atoms with Crippen molar-refractivity contribution in [1.29, 1.82) is 0 Å². The number of carbonyl (C=O) groups is 2. The number of nitrogens with one attached hydrogen (secondary N) is 1. The molecular weight excluding hydrogens is 395 g/mol. The molecule has 0 bridgehead atoms. The van der Waals surface area contributed by atoms with E-state index in [1.807, 2.05) is 6.92 Å². The van der Waals surface area contributed by atoms with Crippen molar-refractivity contribution in [1.82, 2.24) is 10.2 Å². The third-order valence-corrected chi connectivity index (χ3v) is 5.32. The first-order chi connectivity index (χ1) is 13.8. The Morgan fingerprint density at radius 3 is 2.45 bits per heavy atom. The molecule has 0 aliphatic carbocycles. The summed E-state index contributed by atoms with van der Waals surface area (Å²) in [7, 11) is 0. The minimum absolute atomic E-state index is 0.0600. The first-order valence-electron chi connectivity index (χ1n) is 9.61. The molecule has 2 amide bonds. The van der Waals surface area contributed by atoms with Gasteiger partial charge in [-0.15, -0.1) is 0 Å². The molecule has 7 heteroatoms. The molecule has 29 heavy (non-hydrogen) atoms. The van der Waals surface area contributed by atoms with Crippen LogP contribution in [0.5, 0.6) is 5.75 Å². The van der Waals surface area contributed by atoms with E-state index in [-0.39, 0.29) is 29.8 Å². The maximum absolute atomic E-state index is 13.1. The van der Waals surface area contributed by atoms with Crippen molar-refractivity contribution >= 4 is 23.4 Å². The van der Waals surface area contributed by atoms with Crippen molar-refractivity contribution in [2.75, 3.05) is 13.1 Å². The van der Waals surface area contributed by atoms with Crippen molar-refractivity contribution in [3.63, 3.8) is 0 Å². The molecule has 0 radical (unpaired) electrons. The van der Waals surface area contributed by atoms with Crippen LogP contribution < -0.4 is 10.1 Å². The lowest BCUT2D eigenvalue weighted by molar-refractivity contribution is -0.130. The molecular formula is C22H24ClFN2O3. The molecule has 1 fully saturated rings. The predicted molar refractivity (Wildman–Crippen MR) is 110 cm³/mol. The summed E-state index contributed by atoms with van der Waals surface area (Å²) in [5.41, 5.74) is 1.14. The second-order valence-electron chi connectivity index (χ2n) is 7.21. The number of amides is 2. The highest BCUT2D eigenvalue weighted by Gasteiger charge is 2.24. The number of rotatable bonds is 5. The van der Waals surface area contributed by atoms with Crippen LogP contribution in [0.3, 0.4) is 0 Å². The lowest BCUT2D eigenvalue weighted by atomic mass is 10.1. The number of hydrogen-bond acceptors (Lipinski definition) is 3. The zero-order chi connectivity index (χ0) is 21.0. The lowest BCUT2D eigenvalue weighted by Crippen LogP contribution is -2.40. The quantitative estimate of drug-likeness (QED) is 0.784. The van der Waals surface area contributed by atoms with E-state index in [4.69, 9.17) is 16.3 Å². The van der Waals surface area contributed by atoms with Crippen molar-refractivity contribution in [2.45, 2.75) is 38.8 Å². The number of nitrogens with zero attached hydrogens (tertiary/aromatic N) is 1. The molecule has 2 aromatic carbocycles. The van der Waals surface area contributed by atoms with Crippen molar-refractivity contribution in [3.8, 4) is 5.75 Å². The van der Waals surface area contributed by atoms with Crippen LogP contribution in [0.25, 0.3) is 0 Å². The summed E-state index contributed by atoms with van der Waals surface area (Å²) in [6.07, 6.45) is 1.33. The molecule has 1 atom stereocenters. The summed E-state index contributed by atoms with van der Waals surface area (Å²) in [5.74, 6) is -0.126. The monoisotopic (exact) mass is 418 g/mol. The van der Waals surface area contributed by atoms with Crippen molar-refractivity contribution < 1.29 is 18.7 Å². The third kappa shape index (κ3) is 5.48. The van der Waals surface area contributed by atoms with E-state index in [0.717, 1.165) is 5.56 Å². The van der Waals surface area contributed by atoms with E-state index in [9.17, 15) is 14.0 Å². The van der Waals surface area contributed by atoms with Crippen LogP contribution in [-0.4, -0.2) is 35.9 Å². The van der Waals surface area contributed by atoms with Gasteiger partial charge in [-0.1, -0.05) is 23.7 Å². The Kier molecular flexibility index (Phi) is 6.75. The molecule has 0 saturated carbocycles. The lowest BCUT2D eigenvalue weighted by Gasteiger charge is -2.32. The largest absolute Gasteiger partial charge is 0.489 e. The molecule has 1 N–H and O–H groups in total. The molecule has 1 heterocycles. The normalized spacial score (nSPS) is 15.7. The Balaban J connectivity index is 1.70. The standard InChI is InChI=1S/C22H24ClFN2O3/c1-14(16-3-6-18(24)7-4-16)25-22(28)20-13-17(23)5-8-21(20)29-19-9-11-26(12-10-19)15(2)27/h3-8,13-14,19H,9-12H2,1-2H3,(H,25,28). The Labute approximate surface area is 174 Å². The van der Waals surface area contributed by atoms with E-state index in [0.29, 0.717) is 42.3 Å². The Bertz CT molecular complexity index is 880. The molecule has 1 unspecified atom stereocenters. The van der Waals surface area contributed by atoms with Gasteiger partial charge in [0, 0.05) is 37.9 Å². The second-order valence-corrected chi connectivity index (χ2v) is 7.65. The summed E-state index contributed by atoms with van der Waals surface area (Å²) in [6, 6.07) is 10.6. The summed E-state index contributed by atoms with van der Waals surface area (Å²) < 4.78 is 19.2. The van der Waals surface area contributed by atoms with E-state index in [1.54, 1.807) is 42.2 Å². The van der Waals surface area contributed by atoms with Crippen LogP contribution in [0.1, 0.15) is 48.7 Å². The number of likely N-dealkylation sites (tertiary alicyclic amines) is 1. The fourth-order valence-electron chi connectivity index (χ4n) is 3.36. The van der Waals surface area contributed by atoms with Crippen LogP contribution in [0.2, 0.25) is 5.02 Å². The minimum Gasteiger partial charge on any atom is -0.489 e. The summed E-state index contributed by atoms with van der Waals surface area (Å²) in [5, 5.41) is 3.34. The van der Waals surface area contributed by atoms with Crippen LogP contribution in [-0.2, 0) is 4.79 Å². The summed E-state index contributed by atoms with van der Waals surface area (Å²) in [4.78, 5) is 26.1. The predicted octanol–water partition coefficient (Wildman–Crippen LogP) is 4.36. The maximum Gasteiger partial charge on any atom is 0.255 e. The second kappa shape index (κ2) is 9.27. The van der Waals surface area contributed by atoms with Gasteiger partial charge in [0.2, 0.25) is 5.91 Å². The van der Waals surface area contributed by atoms with Gasteiger partial charge in [0.1, 0.15) is 17.7 Å². The maximum atomic E-state index is 13.1. The van der Waals surface area contributed by atoms with Gasteiger partial charge in [0.05, 0.1) is 11.6 Å². The summed E-state index contributed by atoms with van der Waals surface area (Å²) in [6.45, 7) is 4.66. The molecule has 0 spiro atoms. The smallest absolute Gasteiger partial charge is 0.255 e. The van der Waals surface area contributed by atoms with E-state index < -0.39 is 0 Å². The number of hydrogen-bond donors (Lipinski definition) is 1. The zero-order valence-electron chi connectivity index (χ0n) is 16.5.